The highest BCUT2D eigenvalue weighted by atomic mass is 16.5. The van der Waals surface area contributed by atoms with Gasteiger partial charge in [-0.25, -0.2) is 0 Å². The van der Waals surface area contributed by atoms with Gasteiger partial charge in [-0.2, -0.15) is 0 Å². The highest BCUT2D eigenvalue weighted by Crippen LogP contribution is 2.60. The molecule has 3 aliphatic carbocycles. The van der Waals surface area contributed by atoms with Crippen LogP contribution in [-0.2, 0) is 6.42 Å². The van der Waals surface area contributed by atoms with E-state index in [-0.39, 0.29) is 17.6 Å². The monoisotopic (exact) mass is 301 g/mol. The second-order valence-corrected chi connectivity index (χ2v) is 7.87. The van der Waals surface area contributed by atoms with Gasteiger partial charge < -0.3 is 15.6 Å². The third-order valence-electron chi connectivity index (χ3n) is 6.98. The topological polar surface area (TPSA) is 55.5 Å². The van der Waals surface area contributed by atoms with E-state index in [2.05, 4.69) is 25.1 Å². The first-order chi connectivity index (χ1) is 10.5. The summed E-state index contributed by atoms with van der Waals surface area (Å²) in [5, 5.41) is 10.6. The van der Waals surface area contributed by atoms with Gasteiger partial charge in [-0.15, -0.1) is 0 Å². The minimum atomic E-state index is -0.323. The van der Waals surface area contributed by atoms with Crippen molar-refractivity contribution < 1.29 is 9.84 Å². The number of methoxy groups -OCH3 is 1. The van der Waals surface area contributed by atoms with Crippen molar-refractivity contribution in [2.24, 2.45) is 23.0 Å². The molecule has 0 aromatic heterocycles. The van der Waals surface area contributed by atoms with Crippen molar-refractivity contribution in [1.82, 2.24) is 0 Å². The van der Waals surface area contributed by atoms with Crippen molar-refractivity contribution in [1.29, 1.82) is 0 Å². The van der Waals surface area contributed by atoms with Crippen LogP contribution in [0.3, 0.4) is 0 Å². The van der Waals surface area contributed by atoms with Crippen molar-refractivity contribution in [2.75, 3.05) is 7.11 Å². The van der Waals surface area contributed by atoms with Gasteiger partial charge in [0.25, 0.3) is 0 Å². The van der Waals surface area contributed by atoms with Crippen LogP contribution in [-0.4, -0.2) is 24.4 Å². The van der Waals surface area contributed by atoms with Gasteiger partial charge in [0.05, 0.1) is 13.2 Å². The number of aryl methyl sites for hydroxylation is 1. The zero-order valence-corrected chi connectivity index (χ0v) is 13.6. The van der Waals surface area contributed by atoms with Gasteiger partial charge in [-0.1, -0.05) is 13.0 Å². The van der Waals surface area contributed by atoms with E-state index < -0.39 is 0 Å². The molecular formula is C19H27NO2. The molecule has 3 unspecified atom stereocenters. The highest BCUT2D eigenvalue weighted by Gasteiger charge is 2.57. The van der Waals surface area contributed by atoms with Crippen LogP contribution in [0.2, 0.25) is 0 Å². The van der Waals surface area contributed by atoms with Crippen molar-refractivity contribution in [3.8, 4) is 5.75 Å². The summed E-state index contributed by atoms with van der Waals surface area (Å²) in [4.78, 5) is 0. The standard InChI is InChI=1S/C19H27NO2/c1-19-8-7-14-13-6-4-12(22-2)9-11(13)3-5-15(14)16(19)10-17(20)18(19)21/h4,6,9,14-18,21H,3,5,7-8,10,20H2,1-2H3/t14?,15?,16?,17-,18-,19+/m1/s1. The molecule has 120 valence electrons. The molecule has 1 aromatic carbocycles. The maximum Gasteiger partial charge on any atom is 0.119 e. The van der Waals surface area contributed by atoms with Gasteiger partial charge in [-0.3, -0.25) is 0 Å². The van der Waals surface area contributed by atoms with Gasteiger partial charge in [0.1, 0.15) is 5.75 Å². The van der Waals surface area contributed by atoms with Crippen LogP contribution in [0.25, 0.3) is 0 Å². The summed E-state index contributed by atoms with van der Waals surface area (Å²) >= 11 is 0. The molecule has 0 radical (unpaired) electrons. The van der Waals surface area contributed by atoms with E-state index in [0.717, 1.165) is 25.0 Å². The fourth-order valence-corrected chi connectivity index (χ4v) is 5.76. The summed E-state index contributed by atoms with van der Waals surface area (Å²) in [7, 11) is 1.74. The lowest BCUT2D eigenvalue weighted by Gasteiger charge is -2.50. The van der Waals surface area contributed by atoms with Crippen LogP contribution in [0.1, 0.15) is 49.7 Å². The fraction of sp³-hybridized carbons (Fsp3) is 0.684. The quantitative estimate of drug-likeness (QED) is 0.838. The van der Waals surface area contributed by atoms with Crippen LogP contribution in [0.4, 0.5) is 0 Å². The Morgan fingerprint density at radius 3 is 2.91 bits per heavy atom. The molecule has 1 aromatic rings. The van der Waals surface area contributed by atoms with Gasteiger partial charge in [0.2, 0.25) is 0 Å². The minimum Gasteiger partial charge on any atom is -0.497 e. The first-order valence-corrected chi connectivity index (χ1v) is 8.65. The lowest BCUT2D eigenvalue weighted by Crippen LogP contribution is -2.45. The molecule has 6 atom stereocenters. The number of hydrogen-bond donors (Lipinski definition) is 2. The van der Waals surface area contributed by atoms with Gasteiger partial charge >= 0.3 is 0 Å². The fourth-order valence-electron chi connectivity index (χ4n) is 5.76. The van der Waals surface area contributed by atoms with E-state index in [9.17, 15) is 5.11 Å². The zero-order chi connectivity index (χ0) is 15.5. The van der Waals surface area contributed by atoms with Crippen molar-refractivity contribution in [3.05, 3.63) is 29.3 Å². The molecule has 2 fully saturated rings. The largest absolute Gasteiger partial charge is 0.497 e. The second kappa shape index (κ2) is 4.97. The van der Waals surface area contributed by atoms with Gasteiger partial charge in [0.15, 0.2) is 0 Å². The van der Waals surface area contributed by atoms with E-state index >= 15 is 0 Å². The first kappa shape index (κ1) is 14.5. The third kappa shape index (κ3) is 1.88. The molecule has 3 nitrogen and oxygen atoms in total. The lowest BCUT2D eigenvalue weighted by molar-refractivity contribution is -0.0256. The molecule has 0 aliphatic heterocycles. The summed E-state index contributed by atoms with van der Waals surface area (Å²) in [5.41, 5.74) is 9.23. The molecular weight excluding hydrogens is 274 g/mol. The molecule has 3 aliphatic rings. The van der Waals surface area contributed by atoms with Crippen molar-refractivity contribution >= 4 is 0 Å². The van der Waals surface area contributed by atoms with Gasteiger partial charge in [-0.05, 0) is 78.5 Å². The van der Waals surface area contributed by atoms with Crippen LogP contribution in [0.15, 0.2) is 18.2 Å². The van der Waals surface area contributed by atoms with Crippen LogP contribution in [0, 0.1) is 17.3 Å². The van der Waals surface area contributed by atoms with E-state index in [1.165, 1.54) is 24.0 Å². The van der Waals surface area contributed by atoms with E-state index in [1.807, 2.05) is 0 Å². The third-order valence-corrected chi connectivity index (χ3v) is 6.98. The molecule has 0 spiro atoms. The summed E-state index contributed by atoms with van der Waals surface area (Å²) in [6, 6.07) is 6.56. The maximum atomic E-state index is 10.6. The average molecular weight is 301 g/mol. The number of aliphatic hydroxyl groups is 1. The predicted molar refractivity (Wildman–Crippen MR) is 87.0 cm³/mol. The van der Waals surface area contributed by atoms with E-state index in [1.54, 1.807) is 7.11 Å². The smallest absolute Gasteiger partial charge is 0.119 e. The number of hydrogen-bond acceptors (Lipinski definition) is 3. The van der Waals surface area contributed by atoms with Crippen LogP contribution in [0.5, 0.6) is 5.75 Å². The number of nitrogens with two attached hydrogens (primary N) is 1. The normalized spacial score (nSPS) is 43.2. The molecule has 22 heavy (non-hydrogen) atoms. The Morgan fingerprint density at radius 1 is 1.32 bits per heavy atom. The highest BCUT2D eigenvalue weighted by molar-refractivity contribution is 5.40. The molecule has 3 N–H and O–H groups in total. The minimum absolute atomic E-state index is 0.0323. The number of benzene rings is 1. The number of fused-ring (bicyclic) bond motifs is 5. The SMILES string of the molecule is COc1ccc2c(c1)CCC1C2CC[C@@]2(C)C1C[C@@H](N)[C@H]2O. The molecule has 0 bridgehead atoms. The van der Waals surface area contributed by atoms with Crippen molar-refractivity contribution in [3.63, 3.8) is 0 Å². The van der Waals surface area contributed by atoms with Crippen molar-refractivity contribution in [2.45, 2.75) is 57.1 Å². The molecule has 0 amide bonds. The first-order valence-electron chi connectivity index (χ1n) is 8.65. The number of aliphatic hydroxyl groups excluding tert-OH is 1. The summed E-state index contributed by atoms with van der Waals surface area (Å²) < 4.78 is 5.38. The Kier molecular flexibility index (Phi) is 3.28. The summed E-state index contributed by atoms with van der Waals surface area (Å²) in [6.07, 6.45) is 5.30. The average Bonchev–Trinajstić information content (AvgIpc) is 2.77. The second-order valence-electron chi connectivity index (χ2n) is 7.87. The molecule has 0 heterocycles. The number of ether oxygens (including phenoxy) is 1. The summed E-state index contributed by atoms with van der Waals surface area (Å²) in [5.74, 6) is 2.87. The Balaban J connectivity index is 1.69. The number of rotatable bonds is 1. The zero-order valence-electron chi connectivity index (χ0n) is 13.6. The van der Waals surface area contributed by atoms with E-state index in [4.69, 9.17) is 10.5 Å². The predicted octanol–water partition coefficient (Wildman–Crippen LogP) is 2.85. The Morgan fingerprint density at radius 2 is 2.14 bits per heavy atom. The Hall–Kier alpha value is -1.06. The Labute approximate surface area is 132 Å². The van der Waals surface area contributed by atoms with Crippen LogP contribution >= 0.6 is 0 Å². The lowest BCUT2D eigenvalue weighted by atomic mass is 9.55. The van der Waals surface area contributed by atoms with Gasteiger partial charge in [0, 0.05) is 6.04 Å². The maximum absolute atomic E-state index is 10.6. The molecule has 0 saturated heterocycles. The Bertz CT molecular complexity index is 587. The molecule has 2 saturated carbocycles. The van der Waals surface area contributed by atoms with E-state index in [0.29, 0.717) is 17.8 Å². The van der Waals surface area contributed by atoms with Crippen LogP contribution < -0.4 is 10.5 Å². The summed E-state index contributed by atoms with van der Waals surface area (Å²) in [6.45, 7) is 2.27. The molecule has 3 heteroatoms. The molecule has 4 rings (SSSR count).